The van der Waals surface area contributed by atoms with Gasteiger partial charge in [0.25, 0.3) is 5.91 Å². The SMILES string of the molecule is CC(C)CC(NC(=O)C(NC(=O)c1cccc(-c2ccccc2)n1)C(C)O)B1OC(=O)[C@@H](N(C)C)[C@H](C(=O)O)O1. The molecule has 12 nitrogen and oxygen atoms in total. The fourth-order valence-electron chi connectivity index (χ4n) is 4.38. The molecule has 4 N–H and O–H groups in total. The molecule has 1 aliphatic rings. The highest BCUT2D eigenvalue weighted by atomic mass is 16.6. The Morgan fingerprint density at radius 3 is 2.30 bits per heavy atom. The first kappa shape index (κ1) is 30.7. The molecule has 214 valence electrons. The first-order valence-corrected chi connectivity index (χ1v) is 13.0. The predicted octanol–water partition coefficient (Wildman–Crippen LogP) is 0.743. The van der Waals surface area contributed by atoms with Crippen LogP contribution in [0.15, 0.2) is 48.5 Å². The Bertz CT molecular complexity index is 1210. The normalized spacial score (nSPS) is 19.5. The average Bonchev–Trinajstić information content (AvgIpc) is 2.90. The van der Waals surface area contributed by atoms with Crippen molar-refractivity contribution in [3.05, 3.63) is 54.2 Å². The van der Waals surface area contributed by atoms with E-state index in [2.05, 4.69) is 15.6 Å². The molecule has 0 saturated carbocycles. The van der Waals surface area contributed by atoms with Crippen LogP contribution in [0.5, 0.6) is 0 Å². The van der Waals surface area contributed by atoms with Crippen molar-refractivity contribution in [2.24, 2.45) is 5.92 Å². The molecule has 2 heterocycles. The Kier molecular flexibility index (Phi) is 10.4. The number of aliphatic carboxylic acids is 1. The summed E-state index contributed by atoms with van der Waals surface area (Å²) in [5.74, 6) is -4.59. The Labute approximate surface area is 233 Å². The minimum Gasteiger partial charge on any atom is -0.507 e. The maximum Gasteiger partial charge on any atom is 0.552 e. The summed E-state index contributed by atoms with van der Waals surface area (Å²) in [5.41, 5.74) is 1.40. The van der Waals surface area contributed by atoms with Crippen molar-refractivity contribution < 1.29 is 38.7 Å². The van der Waals surface area contributed by atoms with Gasteiger partial charge in [0.05, 0.1) is 17.7 Å². The Hall–Kier alpha value is -3.81. The molecule has 0 radical (unpaired) electrons. The number of rotatable bonds is 11. The van der Waals surface area contributed by atoms with Crippen molar-refractivity contribution in [2.45, 2.75) is 57.4 Å². The topological polar surface area (TPSA) is 167 Å². The van der Waals surface area contributed by atoms with E-state index < -0.39 is 61.1 Å². The molecular weight excluding hydrogens is 519 g/mol. The molecule has 2 aromatic rings. The van der Waals surface area contributed by atoms with Gasteiger partial charge in [-0.15, -0.1) is 0 Å². The fourth-order valence-corrected chi connectivity index (χ4v) is 4.38. The van der Waals surface area contributed by atoms with Crippen LogP contribution in [0.4, 0.5) is 0 Å². The van der Waals surface area contributed by atoms with Gasteiger partial charge in [-0.2, -0.15) is 0 Å². The number of carboxylic acid groups (broad SMARTS) is 1. The van der Waals surface area contributed by atoms with Gasteiger partial charge in [0, 0.05) is 5.56 Å². The molecular formula is C27H35BN4O8. The van der Waals surface area contributed by atoms with Crippen LogP contribution < -0.4 is 10.6 Å². The maximum absolute atomic E-state index is 13.3. The largest absolute Gasteiger partial charge is 0.552 e. The van der Waals surface area contributed by atoms with Gasteiger partial charge in [-0.1, -0.05) is 50.2 Å². The van der Waals surface area contributed by atoms with Crippen LogP contribution in [0.1, 0.15) is 37.7 Å². The lowest BCUT2D eigenvalue weighted by atomic mass is 9.72. The maximum atomic E-state index is 13.3. The molecule has 2 amide bonds. The molecule has 0 spiro atoms. The summed E-state index contributed by atoms with van der Waals surface area (Å²) < 4.78 is 11.1. The third kappa shape index (κ3) is 7.65. The summed E-state index contributed by atoms with van der Waals surface area (Å²) in [6, 6.07) is 11.6. The van der Waals surface area contributed by atoms with Gasteiger partial charge in [-0.3, -0.25) is 19.3 Å². The van der Waals surface area contributed by atoms with E-state index in [1.54, 1.807) is 12.1 Å². The standard InChI is InChI=1S/C27H35BN4O8/c1-15(2)14-20(28-39-23(26(36)37)22(32(4)5)27(38)40-28)30-25(35)21(16(3)33)31-24(34)19-13-9-12-18(29-19)17-10-7-6-8-11-17/h6-13,15-16,20-23,33H,14H2,1-5H3,(H,30,35)(H,31,34)(H,36,37)/t16?,20?,21?,22-,23+/m0/s1. The van der Waals surface area contributed by atoms with E-state index in [1.807, 2.05) is 44.2 Å². The smallest absolute Gasteiger partial charge is 0.507 e. The molecule has 1 aliphatic heterocycles. The Balaban J connectivity index is 1.78. The number of hydrogen-bond donors (Lipinski definition) is 4. The van der Waals surface area contributed by atoms with Gasteiger partial charge < -0.3 is 30.2 Å². The number of benzene rings is 1. The van der Waals surface area contributed by atoms with Crippen LogP contribution in [0.25, 0.3) is 11.3 Å². The number of aliphatic hydroxyl groups is 1. The minimum absolute atomic E-state index is 0.0213. The number of aliphatic hydroxyl groups excluding tert-OH is 1. The Morgan fingerprint density at radius 2 is 1.73 bits per heavy atom. The van der Waals surface area contributed by atoms with Crippen molar-refractivity contribution in [3.63, 3.8) is 0 Å². The van der Waals surface area contributed by atoms with Crippen LogP contribution in [-0.2, 0) is 23.7 Å². The summed E-state index contributed by atoms with van der Waals surface area (Å²) in [7, 11) is 1.66. The van der Waals surface area contributed by atoms with Crippen LogP contribution in [0.2, 0.25) is 0 Å². The van der Waals surface area contributed by atoms with Crippen molar-refractivity contribution >= 4 is 30.9 Å². The van der Waals surface area contributed by atoms with Gasteiger partial charge in [-0.25, -0.2) is 9.78 Å². The lowest BCUT2D eigenvalue weighted by molar-refractivity contribution is -0.165. The van der Waals surface area contributed by atoms with Gasteiger partial charge in [0.1, 0.15) is 17.8 Å². The van der Waals surface area contributed by atoms with E-state index in [0.717, 1.165) is 5.56 Å². The molecule has 5 atom stereocenters. The quantitative estimate of drug-likeness (QED) is 0.291. The van der Waals surface area contributed by atoms with Gasteiger partial charge in [-0.05, 0) is 45.5 Å². The number of nitrogens with zero attached hydrogens (tertiary/aromatic N) is 2. The first-order valence-electron chi connectivity index (χ1n) is 13.0. The molecule has 1 aromatic carbocycles. The second kappa shape index (κ2) is 13.5. The lowest BCUT2D eigenvalue weighted by Crippen LogP contribution is -2.65. The number of amides is 2. The van der Waals surface area contributed by atoms with Gasteiger partial charge >= 0.3 is 19.1 Å². The predicted molar refractivity (Wildman–Crippen MR) is 146 cm³/mol. The van der Waals surface area contributed by atoms with Crippen molar-refractivity contribution in [1.82, 2.24) is 20.5 Å². The highest BCUT2D eigenvalue weighted by Crippen LogP contribution is 2.21. The van der Waals surface area contributed by atoms with E-state index in [4.69, 9.17) is 9.31 Å². The van der Waals surface area contributed by atoms with E-state index in [9.17, 15) is 29.4 Å². The zero-order valence-electron chi connectivity index (χ0n) is 23.1. The number of likely N-dealkylation sites (N-methyl/N-ethyl adjacent to an activating group) is 1. The molecule has 13 heteroatoms. The van der Waals surface area contributed by atoms with Crippen LogP contribution in [0.3, 0.4) is 0 Å². The number of pyridine rings is 1. The van der Waals surface area contributed by atoms with Gasteiger partial charge in [0.15, 0.2) is 6.10 Å². The third-order valence-corrected chi connectivity index (χ3v) is 6.33. The van der Waals surface area contributed by atoms with Crippen LogP contribution in [-0.4, -0.2) is 95.3 Å². The molecule has 3 rings (SSSR count). The third-order valence-electron chi connectivity index (χ3n) is 6.33. The molecule has 1 fully saturated rings. The molecule has 0 bridgehead atoms. The first-order chi connectivity index (χ1) is 18.9. The molecule has 1 saturated heterocycles. The van der Waals surface area contributed by atoms with E-state index >= 15 is 0 Å². The summed E-state index contributed by atoms with van der Waals surface area (Å²) >= 11 is 0. The fraction of sp³-hybridized carbons (Fsp3) is 0.444. The summed E-state index contributed by atoms with van der Waals surface area (Å²) in [6.07, 6.45) is -2.58. The monoisotopic (exact) mass is 554 g/mol. The van der Waals surface area contributed by atoms with Gasteiger partial charge in [0.2, 0.25) is 5.91 Å². The zero-order valence-corrected chi connectivity index (χ0v) is 23.1. The number of nitrogens with one attached hydrogen (secondary N) is 2. The second-order valence-corrected chi connectivity index (χ2v) is 10.3. The second-order valence-electron chi connectivity index (χ2n) is 10.3. The summed E-state index contributed by atoms with van der Waals surface area (Å²) in [6.45, 7) is 5.07. The number of carbonyl (C=O) groups is 4. The number of aromatic nitrogens is 1. The average molecular weight is 554 g/mol. The molecule has 3 unspecified atom stereocenters. The van der Waals surface area contributed by atoms with E-state index in [-0.39, 0.29) is 18.0 Å². The van der Waals surface area contributed by atoms with E-state index in [0.29, 0.717) is 5.69 Å². The lowest BCUT2D eigenvalue weighted by Gasteiger charge is -2.38. The van der Waals surface area contributed by atoms with Crippen molar-refractivity contribution in [3.8, 4) is 11.3 Å². The number of carboxylic acids is 1. The highest BCUT2D eigenvalue weighted by Gasteiger charge is 2.51. The summed E-state index contributed by atoms with van der Waals surface area (Å²) in [5, 5.41) is 25.2. The summed E-state index contributed by atoms with van der Waals surface area (Å²) in [4.78, 5) is 56.7. The van der Waals surface area contributed by atoms with Crippen LogP contribution in [0, 0.1) is 5.92 Å². The molecule has 1 aromatic heterocycles. The van der Waals surface area contributed by atoms with E-state index in [1.165, 1.54) is 32.0 Å². The zero-order chi connectivity index (χ0) is 29.6. The number of carbonyl (C=O) groups excluding carboxylic acids is 3. The van der Waals surface area contributed by atoms with Crippen molar-refractivity contribution in [1.29, 1.82) is 0 Å². The molecule has 40 heavy (non-hydrogen) atoms. The highest BCUT2D eigenvalue weighted by molar-refractivity contribution is 6.50. The van der Waals surface area contributed by atoms with Crippen LogP contribution >= 0.6 is 0 Å². The van der Waals surface area contributed by atoms with Crippen molar-refractivity contribution in [2.75, 3.05) is 14.1 Å². The number of hydrogen-bond acceptors (Lipinski definition) is 9. The minimum atomic E-state index is -1.52. The molecule has 0 aliphatic carbocycles. The Morgan fingerprint density at radius 1 is 1.05 bits per heavy atom.